The summed E-state index contributed by atoms with van der Waals surface area (Å²) in [7, 11) is 0. The zero-order valence-electron chi connectivity index (χ0n) is 11.4. The second kappa shape index (κ2) is 5.85. The molecule has 3 heteroatoms. The summed E-state index contributed by atoms with van der Waals surface area (Å²) in [6.07, 6.45) is 0. The summed E-state index contributed by atoms with van der Waals surface area (Å²) in [5.41, 5.74) is 9.46. The van der Waals surface area contributed by atoms with Gasteiger partial charge in [0.15, 0.2) is 0 Å². The molecular weight excluding hydrogens is 239 g/mol. The smallest absolute Gasteiger partial charge is 0.146 e. The molecule has 19 heavy (non-hydrogen) atoms. The average molecular weight is 258 g/mol. The summed E-state index contributed by atoms with van der Waals surface area (Å²) >= 11 is 0. The number of para-hydroxylation sites is 1. The van der Waals surface area contributed by atoms with Gasteiger partial charge in [-0.05, 0) is 43.2 Å². The number of halogens is 1. The van der Waals surface area contributed by atoms with Crippen molar-refractivity contribution >= 4 is 11.4 Å². The molecule has 2 rings (SSSR count). The van der Waals surface area contributed by atoms with Gasteiger partial charge in [0.1, 0.15) is 5.82 Å². The Morgan fingerprint density at radius 1 is 1.11 bits per heavy atom. The largest absolute Gasteiger partial charge is 0.339 e. The van der Waals surface area contributed by atoms with Gasteiger partial charge in [-0.3, -0.25) is 0 Å². The van der Waals surface area contributed by atoms with Gasteiger partial charge in [0.05, 0.1) is 5.69 Å². The fourth-order valence-electron chi connectivity index (χ4n) is 2.29. The van der Waals surface area contributed by atoms with E-state index in [4.69, 9.17) is 5.73 Å². The maximum Gasteiger partial charge on any atom is 0.146 e. The summed E-state index contributed by atoms with van der Waals surface area (Å²) in [4.78, 5) is 1.98. The van der Waals surface area contributed by atoms with Crippen LogP contribution in [0.1, 0.15) is 18.1 Å². The van der Waals surface area contributed by atoms with Crippen LogP contribution < -0.4 is 10.6 Å². The maximum atomic E-state index is 13.9. The highest BCUT2D eigenvalue weighted by atomic mass is 19.1. The van der Waals surface area contributed by atoms with E-state index in [-0.39, 0.29) is 5.82 Å². The molecule has 0 unspecified atom stereocenters. The summed E-state index contributed by atoms with van der Waals surface area (Å²) < 4.78 is 13.9. The standard InChI is InChI=1S/C16H19FN2/c1-3-19(16-7-5-4-6-14(16)17)15-9-8-13(11-18)10-12(15)2/h4-10H,3,11,18H2,1-2H3. The van der Waals surface area contributed by atoms with E-state index < -0.39 is 0 Å². The molecule has 0 saturated carbocycles. The topological polar surface area (TPSA) is 29.3 Å². The fourth-order valence-corrected chi connectivity index (χ4v) is 2.29. The van der Waals surface area contributed by atoms with E-state index in [9.17, 15) is 4.39 Å². The van der Waals surface area contributed by atoms with E-state index in [2.05, 4.69) is 6.07 Å². The zero-order chi connectivity index (χ0) is 13.8. The van der Waals surface area contributed by atoms with Crippen molar-refractivity contribution in [2.75, 3.05) is 11.4 Å². The summed E-state index contributed by atoms with van der Waals surface area (Å²) in [5.74, 6) is -0.202. The molecule has 0 spiro atoms. The van der Waals surface area contributed by atoms with Crippen molar-refractivity contribution < 1.29 is 4.39 Å². The monoisotopic (exact) mass is 258 g/mol. The maximum absolute atomic E-state index is 13.9. The number of nitrogens with zero attached hydrogens (tertiary/aromatic N) is 1. The van der Waals surface area contributed by atoms with Crippen LogP contribution in [-0.2, 0) is 6.54 Å². The lowest BCUT2D eigenvalue weighted by Crippen LogP contribution is -2.18. The Balaban J connectivity index is 2.46. The first-order chi connectivity index (χ1) is 9.17. The quantitative estimate of drug-likeness (QED) is 0.905. The Morgan fingerprint density at radius 3 is 2.42 bits per heavy atom. The molecular formula is C16H19FN2. The molecule has 0 aromatic heterocycles. The molecule has 2 aromatic rings. The SMILES string of the molecule is CCN(c1ccc(CN)cc1C)c1ccccc1F. The highest BCUT2D eigenvalue weighted by Crippen LogP contribution is 2.30. The third-order valence-electron chi connectivity index (χ3n) is 3.25. The first kappa shape index (κ1) is 13.6. The lowest BCUT2D eigenvalue weighted by atomic mass is 10.1. The van der Waals surface area contributed by atoms with Crippen LogP contribution in [0.25, 0.3) is 0 Å². The second-order valence-electron chi connectivity index (χ2n) is 4.52. The summed E-state index contributed by atoms with van der Waals surface area (Å²) in [6.45, 7) is 5.28. The number of aryl methyl sites for hydroxylation is 1. The van der Waals surface area contributed by atoms with Crippen molar-refractivity contribution in [1.82, 2.24) is 0 Å². The van der Waals surface area contributed by atoms with Crippen LogP contribution >= 0.6 is 0 Å². The first-order valence-electron chi connectivity index (χ1n) is 6.49. The lowest BCUT2D eigenvalue weighted by Gasteiger charge is -2.25. The molecule has 0 amide bonds. The number of anilines is 2. The normalized spacial score (nSPS) is 10.5. The number of rotatable bonds is 4. The molecule has 2 N–H and O–H groups in total. The van der Waals surface area contributed by atoms with E-state index in [1.54, 1.807) is 12.1 Å². The van der Waals surface area contributed by atoms with Crippen LogP contribution in [0.5, 0.6) is 0 Å². The van der Waals surface area contributed by atoms with Crippen molar-refractivity contribution in [2.24, 2.45) is 5.73 Å². The number of benzene rings is 2. The first-order valence-corrected chi connectivity index (χ1v) is 6.49. The van der Waals surface area contributed by atoms with Crippen molar-refractivity contribution in [3.8, 4) is 0 Å². The Hall–Kier alpha value is -1.87. The van der Waals surface area contributed by atoms with Gasteiger partial charge in [0, 0.05) is 18.8 Å². The van der Waals surface area contributed by atoms with E-state index in [0.29, 0.717) is 18.8 Å². The molecule has 0 aliphatic carbocycles. The third-order valence-corrected chi connectivity index (χ3v) is 3.25. The lowest BCUT2D eigenvalue weighted by molar-refractivity contribution is 0.625. The highest BCUT2D eigenvalue weighted by Gasteiger charge is 2.13. The van der Waals surface area contributed by atoms with Gasteiger partial charge >= 0.3 is 0 Å². The van der Waals surface area contributed by atoms with E-state index >= 15 is 0 Å². The fraction of sp³-hybridized carbons (Fsp3) is 0.250. The Labute approximate surface area is 113 Å². The minimum absolute atomic E-state index is 0.202. The molecule has 0 atom stereocenters. The molecule has 0 saturated heterocycles. The average Bonchev–Trinajstić information content (AvgIpc) is 2.43. The van der Waals surface area contributed by atoms with Crippen molar-refractivity contribution in [3.05, 3.63) is 59.4 Å². The Morgan fingerprint density at radius 2 is 1.84 bits per heavy atom. The molecule has 0 bridgehead atoms. The molecule has 0 aliphatic heterocycles. The van der Waals surface area contributed by atoms with Crippen molar-refractivity contribution in [3.63, 3.8) is 0 Å². The third kappa shape index (κ3) is 2.76. The predicted molar refractivity (Wildman–Crippen MR) is 78.2 cm³/mol. The molecule has 0 fully saturated rings. The van der Waals surface area contributed by atoms with Gasteiger partial charge in [-0.2, -0.15) is 0 Å². The van der Waals surface area contributed by atoms with E-state index in [1.807, 2.05) is 36.9 Å². The minimum Gasteiger partial charge on any atom is -0.339 e. The van der Waals surface area contributed by atoms with Crippen LogP contribution in [0.4, 0.5) is 15.8 Å². The minimum atomic E-state index is -0.202. The van der Waals surface area contributed by atoms with Crippen LogP contribution in [0.2, 0.25) is 0 Å². The molecule has 100 valence electrons. The second-order valence-corrected chi connectivity index (χ2v) is 4.52. The predicted octanol–water partition coefficient (Wildman–Crippen LogP) is 3.75. The van der Waals surface area contributed by atoms with E-state index in [1.165, 1.54) is 6.07 Å². The van der Waals surface area contributed by atoms with Gasteiger partial charge < -0.3 is 10.6 Å². The van der Waals surface area contributed by atoms with Crippen molar-refractivity contribution in [1.29, 1.82) is 0 Å². The van der Waals surface area contributed by atoms with Crippen LogP contribution in [0.3, 0.4) is 0 Å². The van der Waals surface area contributed by atoms with Crippen LogP contribution in [0.15, 0.2) is 42.5 Å². The Bertz CT molecular complexity index is 566. The zero-order valence-corrected chi connectivity index (χ0v) is 11.4. The Kier molecular flexibility index (Phi) is 4.17. The summed E-state index contributed by atoms with van der Waals surface area (Å²) in [6, 6.07) is 12.9. The summed E-state index contributed by atoms with van der Waals surface area (Å²) in [5, 5.41) is 0. The molecule has 0 heterocycles. The van der Waals surface area contributed by atoms with Gasteiger partial charge in [0.25, 0.3) is 0 Å². The van der Waals surface area contributed by atoms with Crippen LogP contribution in [0, 0.1) is 12.7 Å². The van der Waals surface area contributed by atoms with Crippen molar-refractivity contribution in [2.45, 2.75) is 20.4 Å². The van der Waals surface area contributed by atoms with Gasteiger partial charge in [0.2, 0.25) is 0 Å². The molecule has 2 aromatic carbocycles. The number of hydrogen-bond donors (Lipinski definition) is 1. The molecule has 2 nitrogen and oxygen atoms in total. The van der Waals surface area contributed by atoms with Crippen LogP contribution in [-0.4, -0.2) is 6.54 Å². The molecule has 0 radical (unpaired) electrons. The van der Waals surface area contributed by atoms with Gasteiger partial charge in [-0.25, -0.2) is 4.39 Å². The van der Waals surface area contributed by atoms with E-state index in [0.717, 1.165) is 16.8 Å². The highest BCUT2D eigenvalue weighted by molar-refractivity contribution is 5.67. The molecule has 0 aliphatic rings. The number of hydrogen-bond acceptors (Lipinski definition) is 2. The van der Waals surface area contributed by atoms with Gasteiger partial charge in [-0.15, -0.1) is 0 Å². The number of nitrogens with two attached hydrogens (primary N) is 1. The van der Waals surface area contributed by atoms with Gasteiger partial charge in [-0.1, -0.05) is 24.3 Å².